The fourth-order valence-electron chi connectivity index (χ4n) is 2.62. The zero-order chi connectivity index (χ0) is 13.8. The average molecular weight is 263 g/mol. The third kappa shape index (κ3) is 3.43. The maximum atomic E-state index is 10.9. The van der Waals surface area contributed by atoms with Crippen LogP contribution < -0.4 is 5.32 Å². The van der Waals surface area contributed by atoms with Crippen molar-refractivity contribution in [2.24, 2.45) is 5.92 Å². The molecule has 1 saturated carbocycles. The molecule has 1 aliphatic rings. The summed E-state index contributed by atoms with van der Waals surface area (Å²) in [5, 5.41) is 12.3. The lowest BCUT2D eigenvalue weighted by Crippen LogP contribution is -2.27. The Morgan fingerprint density at radius 1 is 1.37 bits per heavy atom. The van der Waals surface area contributed by atoms with Crippen molar-refractivity contribution in [2.45, 2.75) is 52.0 Å². The Labute approximate surface area is 113 Å². The van der Waals surface area contributed by atoms with Gasteiger partial charge in [0.1, 0.15) is 0 Å². The van der Waals surface area contributed by atoms with Crippen LogP contribution in [0.5, 0.6) is 0 Å². The molecule has 0 amide bonds. The molecule has 1 aromatic heterocycles. The van der Waals surface area contributed by atoms with Gasteiger partial charge in [0.05, 0.1) is 11.3 Å². The topological polar surface area (TPSA) is 75.1 Å². The van der Waals surface area contributed by atoms with Crippen LogP contribution >= 0.6 is 0 Å². The van der Waals surface area contributed by atoms with Crippen LogP contribution in [0.25, 0.3) is 0 Å². The van der Waals surface area contributed by atoms with E-state index in [0.29, 0.717) is 23.6 Å². The van der Waals surface area contributed by atoms with E-state index >= 15 is 0 Å². The number of carboxylic acids is 1. The van der Waals surface area contributed by atoms with Gasteiger partial charge < -0.3 is 10.4 Å². The smallest absolute Gasteiger partial charge is 0.339 e. The highest BCUT2D eigenvalue weighted by atomic mass is 16.4. The van der Waals surface area contributed by atoms with Crippen LogP contribution in [0.1, 0.15) is 55.1 Å². The Morgan fingerprint density at radius 3 is 2.79 bits per heavy atom. The SMILES string of the molecule is Cc1nc(NC2CCCCCC2C)ncc1C(=O)O. The first kappa shape index (κ1) is 13.8. The van der Waals surface area contributed by atoms with Gasteiger partial charge in [-0.05, 0) is 25.7 Å². The van der Waals surface area contributed by atoms with Gasteiger partial charge in [-0.2, -0.15) is 0 Å². The number of rotatable bonds is 3. The maximum absolute atomic E-state index is 10.9. The van der Waals surface area contributed by atoms with Crippen LogP contribution in [-0.2, 0) is 0 Å². The highest BCUT2D eigenvalue weighted by molar-refractivity contribution is 5.88. The van der Waals surface area contributed by atoms with Gasteiger partial charge in [-0.25, -0.2) is 14.8 Å². The van der Waals surface area contributed by atoms with Crippen molar-refractivity contribution < 1.29 is 9.90 Å². The van der Waals surface area contributed by atoms with Crippen LogP contribution in [0, 0.1) is 12.8 Å². The molecule has 0 bridgehead atoms. The van der Waals surface area contributed by atoms with Crippen LogP contribution in [-0.4, -0.2) is 27.1 Å². The second-order valence-corrected chi connectivity index (χ2v) is 5.36. The number of hydrogen-bond donors (Lipinski definition) is 2. The molecule has 1 heterocycles. The number of nitrogens with one attached hydrogen (secondary N) is 1. The second-order valence-electron chi connectivity index (χ2n) is 5.36. The van der Waals surface area contributed by atoms with E-state index in [4.69, 9.17) is 5.11 Å². The van der Waals surface area contributed by atoms with E-state index < -0.39 is 5.97 Å². The molecule has 2 rings (SSSR count). The van der Waals surface area contributed by atoms with E-state index in [2.05, 4.69) is 22.2 Å². The quantitative estimate of drug-likeness (QED) is 0.820. The summed E-state index contributed by atoms with van der Waals surface area (Å²) < 4.78 is 0. The van der Waals surface area contributed by atoms with Gasteiger partial charge in [0.25, 0.3) is 0 Å². The predicted octanol–water partition coefficient (Wildman–Crippen LogP) is 2.86. The standard InChI is InChI=1S/C14H21N3O2/c1-9-6-4-3-5-7-12(9)17-14-15-8-11(13(18)19)10(2)16-14/h8-9,12H,3-7H2,1-2H3,(H,18,19)(H,15,16,17). The maximum Gasteiger partial charge on any atom is 0.339 e. The number of hydrogen-bond acceptors (Lipinski definition) is 4. The Bertz CT molecular complexity index is 462. The van der Waals surface area contributed by atoms with Crippen molar-refractivity contribution in [2.75, 3.05) is 5.32 Å². The molecule has 1 aliphatic carbocycles. The minimum atomic E-state index is -0.980. The van der Waals surface area contributed by atoms with Crippen molar-refractivity contribution in [3.8, 4) is 0 Å². The predicted molar refractivity (Wildman–Crippen MR) is 73.4 cm³/mol. The molecule has 19 heavy (non-hydrogen) atoms. The molecule has 0 radical (unpaired) electrons. The number of carboxylic acid groups (broad SMARTS) is 1. The third-order valence-electron chi connectivity index (χ3n) is 3.89. The second kappa shape index (κ2) is 5.99. The van der Waals surface area contributed by atoms with Crippen molar-refractivity contribution in [1.82, 2.24) is 9.97 Å². The minimum Gasteiger partial charge on any atom is -0.478 e. The van der Waals surface area contributed by atoms with Gasteiger partial charge >= 0.3 is 5.97 Å². The molecule has 0 aliphatic heterocycles. The van der Waals surface area contributed by atoms with E-state index in [1.54, 1.807) is 6.92 Å². The van der Waals surface area contributed by atoms with E-state index in [9.17, 15) is 4.79 Å². The number of aryl methyl sites for hydroxylation is 1. The lowest BCUT2D eigenvalue weighted by Gasteiger charge is -2.22. The molecule has 0 spiro atoms. The summed E-state index contributed by atoms with van der Waals surface area (Å²) in [6.45, 7) is 3.95. The number of anilines is 1. The fraction of sp³-hybridized carbons (Fsp3) is 0.643. The molecule has 2 N–H and O–H groups in total. The van der Waals surface area contributed by atoms with Crippen molar-refractivity contribution >= 4 is 11.9 Å². The third-order valence-corrected chi connectivity index (χ3v) is 3.89. The number of nitrogens with zero attached hydrogens (tertiary/aromatic N) is 2. The normalized spacial score (nSPS) is 23.7. The summed E-state index contributed by atoms with van der Waals surface area (Å²) in [5.41, 5.74) is 0.672. The molecule has 5 nitrogen and oxygen atoms in total. The van der Waals surface area contributed by atoms with Gasteiger partial charge in [-0.15, -0.1) is 0 Å². The van der Waals surface area contributed by atoms with E-state index in [1.165, 1.54) is 31.9 Å². The summed E-state index contributed by atoms with van der Waals surface area (Å²) in [5.74, 6) is 0.165. The van der Waals surface area contributed by atoms with Crippen LogP contribution in [0.2, 0.25) is 0 Å². The van der Waals surface area contributed by atoms with Crippen LogP contribution in [0.4, 0.5) is 5.95 Å². The molecule has 104 valence electrons. The summed E-state index contributed by atoms with van der Waals surface area (Å²) in [7, 11) is 0. The van der Waals surface area contributed by atoms with Crippen molar-refractivity contribution in [3.05, 3.63) is 17.5 Å². The Kier molecular flexibility index (Phi) is 4.35. The van der Waals surface area contributed by atoms with E-state index in [0.717, 1.165) is 6.42 Å². The number of carbonyl (C=O) groups is 1. The van der Waals surface area contributed by atoms with Gasteiger partial charge in [0.2, 0.25) is 5.95 Å². The molecule has 2 unspecified atom stereocenters. The van der Waals surface area contributed by atoms with Gasteiger partial charge in [-0.3, -0.25) is 0 Å². The molecule has 1 aromatic rings. The summed E-state index contributed by atoms with van der Waals surface area (Å²) in [6, 6.07) is 0.387. The summed E-state index contributed by atoms with van der Waals surface area (Å²) in [6.07, 6.45) is 7.55. The highest BCUT2D eigenvalue weighted by Crippen LogP contribution is 2.25. The minimum absolute atomic E-state index is 0.166. The van der Waals surface area contributed by atoms with E-state index in [-0.39, 0.29) is 5.56 Å². The Morgan fingerprint density at radius 2 is 2.11 bits per heavy atom. The first-order valence-electron chi connectivity index (χ1n) is 6.91. The fourth-order valence-corrected chi connectivity index (χ4v) is 2.62. The van der Waals surface area contributed by atoms with Crippen molar-refractivity contribution in [3.63, 3.8) is 0 Å². The molecular weight excluding hydrogens is 242 g/mol. The largest absolute Gasteiger partial charge is 0.478 e. The van der Waals surface area contributed by atoms with Crippen LogP contribution in [0.3, 0.4) is 0 Å². The van der Waals surface area contributed by atoms with Gasteiger partial charge in [0, 0.05) is 12.2 Å². The zero-order valence-electron chi connectivity index (χ0n) is 11.5. The molecule has 2 atom stereocenters. The van der Waals surface area contributed by atoms with Gasteiger partial charge in [-0.1, -0.05) is 26.2 Å². The Hall–Kier alpha value is -1.65. The van der Waals surface area contributed by atoms with Crippen molar-refractivity contribution in [1.29, 1.82) is 0 Å². The molecule has 0 aromatic carbocycles. The van der Waals surface area contributed by atoms with Gasteiger partial charge in [0.15, 0.2) is 0 Å². The lowest BCUT2D eigenvalue weighted by atomic mass is 9.97. The monoisotopic (exact) mass is 263 g/mol. The first-order valence-corrected chi connectivity index (χ1v) is 6.91. The molecule has 0 saturated heterocycles. The molecule has 1 fully saturated rings. The summed E-state index contributed by atoms with van der Waals surface area (Å²) >= 11 is 0. The molecule has 5 heteroatoms. The first-order chi connectivity index (χ1) is 9.08. The van der Waals surface area contributed by atoms with E-state index in [1.807, 2.05) is 0 Å². The average Bonchev–Trinajstić information content (AvgIpc) is 2.55. The molecular formula is C14H21N3O2. The zero-order valence-corrected chi connectivity index (χ0v) is 11.5. The highest BCUT2D eigenvalue weighted by Gasteiger charge is 2.21. The number of aromatic nitrogens is 2. The van der Waals surface area contributed by atoms with Crippen LogP contribution in [0.15, 0.2) is 6.20 Å². The summed E-state index contributed by atoms with van der Waals surface area (Å²) in [4.78, 5) is 19.3. The Balaban J connectivity index is 2.10. The lowest BCUT2D eigenvalue weighted by molar-refractivity contribution is 0.0695. The number of aromatic carboxylic acids is 1.